The van der Waals surface area contributed by atoms with Crippen molar-refractivity contribution in [3.8, 4) is 0 Å². The predicted octanol–water partition coefficient (Wildman–Crippen LogP) is -0.248. The summed E-state index contributed by atoms with van der Waals surface area (Å²) in [5.74, 6) is 0. The summed E-state index contributed by atoms with van der Waals surface area (Å²) in [6.07, 6.45) is 0. The highest BCUT2D eigenvalue weighted by Crippen LogP contribution is 2.41. The van der Waals surface area contributed by atoms with E-state index in [-0.39, 0.29) is 0 Å². The summed E-state index contributed by atoms with van der Waals surface area (Å²) in [5, 5.41) is 0. The molecule has 6 atom stereocenters. The zero-order valence-electron chi connectivity index (χ0n) is 20.3. The fourth-order valence-corrected chi connectivity index (χ4v) is 72.9. The fourth-order valence-electron chi connectivity index (χ4n) is 6.56. The van der Waals surface area contributed by atoms with Crippen LogP contribution in [0.15, 0.2) is 0 Å². The van der Waals surface area contributed by atoms with Gasteiger partial charge in [0.1, 0.15) is 8.24 Å². The van der Waals surface area contributed by atoms with Crippen LogP contribution in [0.1, 0.15) is 0 Å². The minimum absolute atomic E-state index is 0.954. The molecule has 0 aromatic heterocycles. The van der Waals surface area contributed by atoms with Crippen molar-refractivity contribution in [1.29, 1.82) is 0 Å². The number of hydrogen-bond donors (Lipinski definition) is 3. The summed E-state index contributed by atoms with van der Waals surface area (Å²) in [4.78, 5) is 0. The van der Waals surface area contributed by atoms with Crippen LogP contribution in [0.4, 0.5) is 0 Å². The Balaban J connectivity index is 2.05. The first-order valence-electron chi connectivity index (χ1n) is 11.0. The number of nitrogens with zero attached hydrogens (tertiary/aromatic N) is 4. The molecule has 3 saturated heterocycles. The lowest BCUT2D eigenvalue weighted by Gasteiger charge is -2.75. The molecule has 7 nitrogen and oxygen atoms in total. The van der Waals surface area contributed by atoms with Gasteiger partial charge < -0.3 is 30.2 Å². The zero-order valence-corrected chi connectivity index (χ0v) is 28.9. The lowest BCUT2D eigenvalue weighted by Crippen LogP contribution is -3.07. The average molecular weight is 524 g/mol. The van der Waals surface area contributed by atoms with Gasteiger partial charge in [0.25, 0.3) is 17.1 Å². The molecule has 3 fully saturated rings. The Morgan fingerprint density at radius 3 is 1.61 bits per heavy atom. The molecular formula is C13H45N7Si8. The van der Waals surface area contributed by atoms with Crippen LogP contribution in [0.25, 0.3) is 0 Å². The van der Waals surface area contributed by atoms with E-state index in [4.69, 9.17) is 0 Å². The molecule has 164 valence electrons. The van der Waals surface area contributed by atoms with Gasteiger partial charge in [0.15, 0.2) is 35.8 Å². The second kappa shape index (κ2) is 7.51. The number of fused-ring (bicyclic) bond motifs is 4. The minimum Gasteiger partial charge on any atom is -0.339 e. The SMILES string of the molecule is CN1[SiH](C)N[Si]2(C)N([SiH](C)C[Si]1(C)C)[Si]1(C)N[SiH](C)N(C)[Si](C)(C)N[SiH](C)N21. The lowest BCUT2D eigenvalue weighted by molar-refractivity contribution is 0.561. The largest absolute Gasteiger partial charge is 0.339 e. The Hall–Kier alpha value is 1.46. The van der Waals surface area contributed by atoms with Gasteiger partial charge in [-0.05, 0) is 65.6 Å². The molecule has 0 bridgehead atoms. The van der Waals surface area contributed by atoms with Crippen LogP contribution in [-0.2, 0) is 0 Å². The monoisotopic (exact) mass is 523 g/mol. The number of rotatable bonds is 0. The highest BCUT2D eigenvalue weighted by atomic mass is 28.6. The van der Waals surface area contributed by atoms with E-state index in [1.54, 1.807) is 5.67 Å². The Morgan fingerprint density at radius 1 is 0.643 bits per heavy atom. The summed E-state index contributed by atoms with van der Waals surface area (Å²) >= 11 is 0. The molecule has 3 aliphatic rings. The van der Waals surface area contributed by atoms with Crippen LogP contribution in [0.2, 0.25) is 71.1 Å². The summed E-state index contributed by atoms with van der Waals surface area (Å²) in [6.45, 7) is 26.0. The summed E-state index contributed by atoms with van der Waals surface area (Å²) in [6, 6.07) is 0. The van der Waals surface area contributed by atoms with Crippen molar-refractivity contribution in [2.45, 2.75) is 71.1 Å². The van der Waals surface area contributed by atoms with E-state index in [1.807, 2.05) is 0 Å². The van der Waals surface area contributed by atoms with Crippen LogP contribution in [0.5, 0.6) is 0 Å². The van der Waals surface area contributed by atoms with E-state index >= 15 is 0 Å². The van der Waals surface area contributed by atoms with Crippen molar-refractivity contribution < 1.29 is 0 Å². The third-order valence-corrected chi connectivity index (χ3v) is 60.6. The van der Waals surface area contributed by atoms with Crippen LogP contribution in [0.3, 0.4) is 0 Å². The third kappa shape index (κ3) is 3.56. The molecule has 3 N–H and O–H groups in total. The highest BCUT2D eigenvalue weighted by molar-refractivity contribution is 7.20. The van der Waals surface area contributed by atoms with Crippen molar-refractivity contribution in [2.75, 3.05) is 14.1 Å². The maximum absolute atomic E-state index is 4.42. The topological polar surface area (TPSA) is 49.1 Å². The molecule has 15 heteroatoms. The van der Waals surface area contributed by atoms with Gasteiger partial charge in [-0.15, -0.1) is 0 Å². The van der Waals surface area contributed by atoms with E-state index in [1.165, 1.54) is 0 Å². The van der Waals surface area contributed by atoms with E-state index < -0.39 is 70.1 Å². The van der Waals surface area contributed by atoms with Crippen LogP contribution >= 0.6 is 0 Å². The van der Waals surface area contributed by atoms with Gasteiger partial charge in [-0.2, -0.15) is 0 Å². The van der Waals surface area contributed by atoms with E-state index in [2.05, 4.69) is 110 Å². The number of hydrogen-bond acceptors (Lipinski definition) is 7. The van der Waals surface area contributed by atoms with Crippen molar-refractivity contribution in [3.63, 3.8) is 0 Å². The standard InChI is InChI=1S/C13H45N7Si8/c1-17-22(4)15-27(11)19(21(3)13-25(17,7)8)28(12)16-23(5)18(2)26(9,10)14-24(6)20(27)28/h14-16,21-24H,13H2,1-12H3. The number of nitrogens with one attached hydrogen (secondary N) is 3. The molecule has 0 aromatic rings. The van der Waals surface area contributed by atoms with Gasteiger partial charge in [-0.25, -0.2) is 0 Å². The van der Waals surface area contributed by atoms with Crippen molar-refractivity contribution in [3.05, 3.63) is 0 Å². The molecule has 0 saturated carbocycles. The van der Waals surface area contributed by atoms with Gasteiger partial charge >= 0.3 is 0 Å². The molecule has 0 radical (unpaired) electrons. The molecule has 0 aliphatic carbocycles. The van der Waals surface area contributed by atoms with Gasteiger partial charge in [0.05, 0.1) is 8.96 Å². The zero-order chi connectivity index (χ0) is 21.4. The molecule has 0 amide bonds. The highest BCUT2D eigenvalue weighted by Gasteiger charge is 2.71. The van der Waals surface area contributed by atoms with E-state index in [0.717, 1.165) is 0 Å². The van der Waals surface area contributed by atoms with Crippen LogP contribution < -0.4 is 13.9 Å². The molecule has 0 spiro atoms. The molecule has 3 aliphatic heterocycles. The Kier molecular flexibility index (Phi) is 6.46. The maximum atomic E-state index is 4.42. The smallest absolute Gasteiger partial charge is 0.255 e. The molecular weight excluding hydrogens is 479 g/mol. The normalized spacial score (nSPS) is 48.4. The summed E-state index contributed by atoms with van der Waals surface area (Å²) in [7, 11) is -5.83. The second-order valence-electron chi connectivity index (χ2n) is 10.9. The Labute approximate surface area is 185 Å². The second-order valence-corrected chi connectivity index (χ2v) is 42.5. The first-order valence-corrected chi connectivity index (χ1v) is 31.1. The molecule has 6 unspecified atom stereocenters. The van der Waals surface area contributed by atoms with Gasteiger partial charge in [0, 0.05) is 0 Å². The Bertz CT molecular complexity index is 564. The minimum atomic E-state index is -1.75. The van der Waals surface area contributed by atoms with E-state index in [0.29, 0.717) is 0 Å². The van der Waals surface area contributed by atoms with Crippen LogP contribution in [0, 0.1) is 0 Å². The maximum Gasteiger partial charge on any atom is 0.255 e. The van der Waals surface area contributed by atoms with E-state index in [9.17, 15) is 0 Å². The molecule has 3 rings (SSSR count). The van der Waals surface area contributed by atoms with Gasteiger partial charge in [-0.1, -0.05) is 19.6 Å². The summed E-state index contributed by atoms with van der Waals surface area (Å²) in [5.41, 5.74) is 1.54. The van der Waals surface area contributed by atoms with Crippen molar-refractivity contribution in [2.24, 2.45) is 0 Å². The third-order valence-electron chi connectivity index (χ3n) is 8.02. The quantitative estimate of drug-likeness (QED) is 0.379. The summed E-state index contributed by atoms with van der Waals surface area (Å²) < 4.78 is 25.2. The molecule has 3 heterocycles. The Morgan fingerprint density at radius 2 is 1.11 bits per heavy atom. The lowest BCUT2D eigenvalue weighted by atomic mass is 11.6. The van der Waals surface area contributed by atoms with Crippen LogP contribution in [-0.4, -0.2) is 100 Å². The predicted molar refractivity (Wildman–Crippen MR) is 144 cm³/mol. The van der Waals surface area contributed by atoms with Gasteiger partial charge in [-0.3, -0.25) is 0 Å². The van der Waals surface area contributed by atoms with Gasteiger partial charge in [0.2, 0.25) is 0 Å². The first-order chi connectivity index (χ1) is 12.6. The molecule has 28 heavy (non-hydrogen) atoms. The molecule has 0 aromatic carbocycles. The van der Waals surface area contributed by atoms with Crippen molar-refractivity contribution >= 4 is 70.1 Å². The fraction of sp³-hybridized carbons (Fsp3) is 1.00. The van der Waals surface area contributed by atoms with Crippen molar-refractivity contribution in [1.82, 2.24) is 30.2 Å². The average Bonchev–Trinajstić information content (AvgIpc) is 2.49. The first kappa shape index (κ1) is 24.1.